The van der Waals surface area contributed by atoms with Crippen LogP contribution in [-0.2, 0) is 9.53 Å². The van der Waals surface area contributed by atoms with Crippen molar-refractivity contribution in [1.82, 2.24) is 0 Å². The predicted octanol–water partition coefficient (Wildman–Crippen LogP) is 2.76. The molecule has 0 amide bonds. The first-order valence-corrected chi connectivity index (χ1v) is 4.82. The van der Waals surface area contributed by atoms with Gasteiger partial charge in [0.15, 0.2) is 0 Å². The normalized spacial score (nSPS) is 15.3. The maximum absolute atomic E-state index is 11.3. The summed E-state index contributed by atoms with van der Waals surface area (Å²) >= 11 is 0. The second-order valence-electron chi connectivity index (χ2n) is 3.35. The standard InChI is InChI=1S/C10H20O2/c1-5-7-8(3)10(11)12-9(4)6-2/h8-9H,5-7H2,1-4H3/t8?,9-/m1/s1. The van der Waals surface area contributed by atoms with Crippen molar-refractivity contribution in [2.75, 3.05) is 0 Å². The van der Waals surface area contributed by atoms with Crippen LogP contribution >= 0.6 is 0 Å². The molecule has 0 rings (SSSR count). The molecule has 1 unspecified atom stereocenters. The number of rotatable bonds is 5. The van der Waals surface area contributed by atoms with Gasteiger partial charge in [-0.15, -0.1) is 0 Å². The van der Waals surface area contributed by atoms with Crippen molar-refractivity contribution in [3.63, 3.8) is 0 Å². The highest BCUT2D eigenvalue weighted by Gasteiger charge is 2.15. The first-order valence-electron chi connectivity index (χ1n) is 4.82. The Kier molecular flexibility index (Phi) is 5.77. The van der Waals surface area contributed by atoms with Crippen molar-refractivity contribution in [3.05, 3.63) is 0 Å². The molecule has 0 heterocycles. The van der Waals surface area contributed by atoms with Crippen molar-refractivity contribution in [3.8, 4) is 0 Å². The van der Waals surface area contributed by atoms with Gasteiger partial charge in [-0.3, -0.25) is 4.79 Å². The fourth-order valence-electron chi connectivity index (χ4n) is 0.949. The summed E-state index contributed by atoms with van der Waals surface area (Å²) < 4.78 is 5.17. The molecule has 0 fully saturated rings. The SMILES string of the molecule is CCCC(C)C(=O)O[C@H](C)CC. The minimum absolute atomic E-state index is 0.0498. The van der Waals surface area contributed by atoms with Crippen molar-refractivity contribution < 1.29 is 9.53 Å². The zero-order valence-electron chi connectivity index (χ0n) is 8.59. The highest BCUT2D eigenvalue weighted by molar-refractivity contribution is 5.72. The Morgan fingerprint density at radius 1 is 1.33 bits per heavy atom. The Balaban J connectivity index is 3.70. The zero-order chi connectivity index (χ0) is 9.56. The summed E-state index contributed by atoms with van der Waals surface area (Å²) in [4.78, 5) is 11.3. The predicted molar refractivity (Wildman–Crippen MR) is 49.9 cm³/mol. The zero-order valence-corrected chi connectivity index (χ0v) is 8.59. The Labute approximate surface area is 75.3 Å². The average Bonchev–Trinajstić information content (AvgIpc) is 2.04. The summed E-state index contributed by atoms with van der Waals surface area (Å²) in [7, 11) is 0. The second-order valence-corrected chi connectivity index (χ2v) is 3.35. The van der Waals surface area contributed by atoms with Crippen LogP contribution in [-0.4, -0.2) is 12.1 Å². The number of carbonyl (C=O) groups excluding carboxylic acids is 1. The number of hydrogen-bond acceptors (Lipinski definition) is 2. The largest absolute Gasteiger partial charge is 0.462 e. The summed E-state index contributed by atoms with van der Waals surface area (Å²) in [5, 5.41) is 0. The van der Waals surface area contributed by atoms with Gasteiger partial charge in [-0.05, 0) is 19.8 Å². The molecule has 72 valence electrons. The van der Waals surface area contributed by atoms with Crippen LogP contribution in [0.3, 0.4) is 0 Å². The first kappa shape index (κ1) is 11.5. The molecule has 2 nitrogen and oxygen atoms in total. The first-order chi connectivity index (χ1) is 5.61. The smallest absolute Gasteiger partial charge is 0.308 e. The Morgan fingerprint density at radius 2 is 1.92 bits per heavy atom. The van der Waals surface area contributed by atoms with E-state index in [0.29, 0.717) is 0 Å². The van der Waals surface area contributed by atoms with Crippen molar-refractivity contribution in [2.24, 2.45) is 5.92 Å². The maximum atomic E-state index is 11.3. The molecule has 0 saturated carbocycles. The van der Waals surface area contributed by atoms with E-state index in [9.17, 15) is 4.79 Å². The topological polar surface area (TPSA) is 26.3 Å². The molecule has 0 N–H and O–H groups in total. The lowest BCUT2D eigenvalue weighted by Crippen LogP contribution is -2.20. The van der Waals surface area contributed by atoms with Crippen LogP contribution in [0, 0.1) is 5.92 Å². The summed E-state index contributed by atoms with van der Waals surface area (Å²) in [6.45, 7) is 7.94. The second kappa shape index (κ2) is 6.04. The fraction of sp³-hybridized carbons (Fsp3) is 0.900. The molecule has 0 saturated heterocycles. The van der Waals surface area contributed by atoms with Crippen LogP contribution in [0.5, 0.6) is 0 Å². The third-order valence-corrected chi connectivity index (χ3v) is 2.02. The molecule has 0 aromatic rings. The molecular formula is C10H20O2. The van der Waals surface area contributed by atoms with E-state index in [1.54, 1.807) is 0 Å². The molecule has 0 radical (unpaired) electrons. The van der Waals surface area contributed by atoms with Gasteiger partial charge < -0.3 is 4.74 Å². The minimum atomic E-state index is -0.0498. The number of esters is 1. The van der Waals surface area contributed by atoms with Gasteiger partial charge in [0.05, 0.1) is 12.0 Å². The molecule has 0 aromatic heterocycles. The molecule has 0 spiro atoms. The van der Waals surface area contributed by atoms with Crippen LogP contribution in [0.2, 0.25) is 0 Å². The summed E-state index contributed by atoms with van der Waals surface area (Å²) in [6, 6.07) is 0. The molecule has 0 aliphatic carbocycles. The molecular weight excluding hydrogens is 152 g/mol. The summed E-state index contributed by atoms with van der Waals surface area (Å²) in [5.74, 6) is 0.00944. The van der Waals surface area contributed by atoms with E-state index in [4.69, 9.17) is 4.74 Å². The van der Waals surface area contributed by atoms with E-state index in [2.05, 4.69) is 6.92 Å². The lowest BCUT2D eigenvalue weighted by molar-refractivity contribution is -0.152. The van der Waals surface area contributed by atoms with E-state index in [0.717, 1.165) is 19.3 Å². The molecule has 0 aliphatic rings. The van der Waals surface area contributed by atoms with Gasteiger partial charge in [-0.2, -0.15) is 0 Å². The summed E-state index contributed by atoms with van der Waals surface area (Å²) in [6.07, 6.45) is 2.92. The minimum Gasteiger partial charge on any atom is -0.462 e. The molecule has 2 atom stereocenters. The van der Waals surface area contributed by atoms with E-state index < -0.39 is 0 Å². The number of hydrogen-bond donors (Lipinski definition) is 0. The van der Waals surface area contributed by atoms with Crippen molar-refractivity contribution in [2.45, 2.75) is 53.1 Å². The Hall–Kier alpha value is -0.530. The molecule has 0 bridgehead atoms. The highest BCUT2D eigenvalue weighted by atomic mass is 16.5. The van der Waals surface area contributed by atoms with Crippen LogP contribution in [0.15, 0.2) is 0 Å². The van der Waals surface area contributed by atoms with Gasteiger partial charge in [-0.25, -0.2) is 0 Å². The highest BCUT2D eigenvalue weighted by Crippen LogP contribution is 2.09. The van der Waals surface area contributed by atoms with E-state index >= 15 is 0 Å². The molecule has 0 aliphatic heterocycles. The van der Waals surface area contributed by atoms with Crippen molar-refractivity contribution in [1.29, 1.82) is 0 Å². The van der Waals surface area contributed by atoms with Gasteiger partial charge in [0.25, 0.3) is 0 Å². The fourth-order valence-corrected chi connectivity index (χ4v) is 0.949. The third kappa shape index (κ3) is 4.37. The lowest BCUT2D eigenvalue weighted by atomic mass is 10.1. The van der Waals surface area contributed by atoms with Crippen LogP contribution in [0.25, 0.3) is 0 Å². The van der Waals surface area contributed by atoms with Gasteiger partial charge in [-0.1, -0.05) is 27.2 Å². The van der Waals surface area contributed by atoms with E-state index in [-0.39, 0.29) is 18.0 Å². The molecule has 12 heavy (non-hydrogen) atoms. The lowest BCUT2D eigenvalue weighted by Gasteiger charge is -2.14. The molecule has 2 heteroatoms. The Bertz CT molecular complexity index is 132. The monoisotopic (exact) mass is 172 g/mol. The molecule has 0 aromatic carbocycles. The van der Waals surface area contributed by atoms with E-state index in [1.165, 1.54) is 0 Å². The van der Waals surface area contributed by atoms with Crippen LogP contribution in [0.4, 0.5) is 0 Å². The average molecular weight is 172 g/mol. The van der Waals surface area contributed by atoms with Crippen molar-refractivity contribution >= 4 is 5.97 Å². The van der Waals surface area contributed by atoms with Crippen LogP contribution < -0.4 is 0 Å². The van der Waals surface area contributed by atoms with E-state index in [1.807, 2.05) is 20.8 Å². The Morgan fingerprint density at radius 3 is 2.33 bits per heavy atom. The maximum Gasteiger partial charge on any atom is 0.308 e. The quantitative estimate of drug-likeness (QED) is 0.596. The third-order valence-electron chi connectivity index (χ3n) is 2.02. The van der Waals surface area contributed by atoms with Crippen LogP contribution in [0.1, 0.15) is 47.0 Å². The van der Waals surface area contributed by atoms with Gasteiger partial charge in [0.2, 0.25) is 0 Å². The number of carbonyl (C=O) groups is 1. The summed E-state index contributed by atoms with van der Waals surface area (Å²) in [5.41, 5.74) is 0. The number of ether oxygens (including phenoxy) is 1. The van der Waals surface area contributed by atoms with Gasteiger partial charge >= 0.3 is 5.97 Å². The van der Waals surface area contributed by atoms with Gasteiger partial charge in [0.1, 0.15) is 0 Å². The van der Waals surface area contributed by atoms with Gasteiger partial charge in [0, 0.05) is 0 Å².